The average molecular weight is 321 g/mol. The number of amides is 1. The number of carbonyl (C=O) groups is 1. The van der Waals surface area contributed by atoms with Gasteiger partial charge in [-0.05, 0) is 44.5 Å². The molecule has 22 heavy (non-hydrogen) atoms. The summed E-state index contributed by atoms with van der Waals surface area (Å²) in [5, 5.41) is 3.82. The van der Waals surface area contributed by atoms with Gasteiger partial charge in [0.2, 0.25) is 0 Å². The molecule has 5 heteroatoms. The van der Waals surface area contributed by atoms with Gasteiger partial charge in [-0.3, -0.25) is 4.79 Å². The fourth-order valence-corrected chi connectivity index (χ4v) is 3.20. The normalized spacial score (nSPS) is 24.2. The van der Waals surface area contributed by atoms with E-state index in [9.17, 15) is 4.79 Å². The molecule has 1 heterocycles. The van der Waals surface area contributed by atoms with E-state index >= 15 is 0 Å². The van der Waals surface area contributed by atoms with Crippen molar-refractivity contribution in [1.29, 1.82) is 0 Å². The first kappa shape index (κ1) is 14.3. The van der Waals surface area contributed by atoms with Gasteiger partial charge in [0.25, 0.3) is 5.91 Å². The van der Waals surface area contributed by atoms with E-state index in [1.54, 1.807) is 6.07 Å². The monoisotopic (exact) mass is 320 g/mol. The van der Waals surface area contributed by atoms with Crippen LogP contribution in [0.2, 0.25) is 5.02 Å². The molecule has 2 saturated carbocycles. The maximum atomic E-state index is 12.7. The van der Waals surface area contributed by atoms with Gasteiger partial charge in [-0.25, -0.2) is 0 Å². The lowest BCUT2D eigenvalue weighted by Gasteiger charge is -2.35. The van der Waals surface area contributed by atoms with Crippen LogP contribution in [-0.2, 0) is 4.79 Å². The van der Waals surface area contributed by atoms with Crippen LogP contribution in [0.5, 0.6) is 5.75 Å². The van der Waals surface area contributed by atoms with Crippen LogP contribution >= 0.6 is 11.6 Å². The third-order valence-electron chi connectivity index (χ3n) is 4.97. The van der Waals surface area contributed by atoms with Gasteiger partial charge in [0.05, 0.1) is 10.6 Å². The lowest BCUT2D eigenvalue weighted by Crippen LogP contribution is -2.53. The minimum absolute atomic E-state index is 0.00304. The molecule has 3 aliphatic rings. The number of hydrogen-bond donors (Lipinski definition) is 1. The molecule has 0 atom stereocenters. The Morgan fingerprint density at radius 2 is 1.95 bits per heavy atom. The number of nitrogens with one attached hydrogen (secondary N) is 1. The molecule has 4 nitrogen and oxygen atoms in total. The lowest BCUT2D eigenvalue weighted by molar-refractivity contribution is -0.131. The summed E-state index contributed by atoms with van der Waals surface area (Å²) in [7, 11) is 0. The van der Waals surface area contributed by atoms with Crippen molar-refractivity contribution in [3.05, 3.63) is 29.3 Å². The average Bonchev–Trinajstić information content (AvgIpc) is 3.35. The molecule has 0 bridgehead atoms. The molecule has 0 spiro atoms. The van der Waals surface area contributed by atoms with Crippen molar-refractivity contribution in [3.63, 3.8) is 0 Å². The molecule has 3 fully saturated rings. The molecular formula is C17H21ClN2O2. The number of likely N-dealkylation sites (tertiary alicyclic amines) is 1. The number of benzene rings is 1. The smallest absolute Gasteiger partial charge is 0.264 e. The Balaban J connectivity index is 1.40. The SMILES string of the molecule is O=C(NC1(CN2CCC2)CC1)C1(Oc2ccccc2Cl)CC1. The first-order chi connectivity index (χ1) is 10.6. The van der Waals surface area contributed by atoms with Gasteiger partial charge in [0.15, 0.2) is 5.60 Å². The van der Waals surface area contributed by atoms with Gasteiger partial charge >= 0.3 is 0 Å². The van der Waals surface area contributed by atoms with Crippen LogP contribution < -0.4 is 10.1 Å². The fourth-order valence-electron chi connectivity index (χ4n) is 3.02. The summed E-state index contributed by atoms with van der Waals surface area (Å²) in [6, 6.07) is 7.35. The Kier molecular flexibility index (Phi) is 3.35. The van der Waals surface area contributed by atoms with Crippen LogP contribution in [-0.4, -0.2) is 41.6 Å². The highest BCUT2D eigenvalue weighted by atomic mass is 35.5. The van der Waals surface area contributed by atoms with Crippen LogP contribution in [0.1, 0.15) is 32.1 Å². The fraction of sp³-hybridized carbons (Fsp3) is 0.588. The van der Waals surface area contributed by atoms with E-state index in [1.807, 2.05) is 18.2 Å². The number of nitrogens with zero attached hydrogens (tertiary/aromatic N) is 1. The second-order valence-corrected chi connectivity index (χ2v) is 7.30. The molecule has 1 amide bonds. The molecule has 0 unspecified atom stereocenters. The number of halogens is 1. The summed E-state index contributed by atoms with van der Waals surface area (Å²) in [6.45, 7) is 3.32. The summed E-state index contributed by atoms with van der Waals surface area (Å²) in [5.74, 6) is 0.634. The van der Waals surface area contributed by atoms with E-state index in [0.717, 1.165) is 32.2 Å². The summed E-state index contributed by atoms with van der Waals surface area (Å²) in [4.78, 5) is 15.1. The van der Waals surface area contributed by atoms with Crippen molar-refractivity contribution in [2.75, 3.05) is 19.6 Å². The Morgan fingerprint density at radius 1 is 1.23 bits per heavy atom. The maximum Gasteiger partial charge on any atom is 0.264 e. The quantitative estimate of drug-likeness (QED) is 0.876. The van der Waals surface area contributed by atoms with Crippen LogP contribution in [0.15, 0.2) is 24.3 Å². The van der Waals surface area contributed by atoms with Crippen LogP contribution in [0, 0.1) is 0 Å². The molecule has 0 radical (unpaired) electrons. The van der Waals surface area contributed by atoms with Gasteiger partial charge < -0.3 is 15.0 Å². The number of carbonyl (C=O) groups excluding carboxylic acids is 1. The highest BCUT2D eigenvalue weighted by molar-refractivity contribution is 6.32. The van der Waals surface area contributed by atoms with Gasteiger partial charge in [0, 0.05) is 19.4 Å². The topological polar surface area (TPSA) is 41.6 Å². The van der Waals surface area contributed by atoms with Crippen LogP contribution in [0.4, 0.5) is 0 Å². The van der Waals surface area contributed by atoms with Crippen molar-refractivity contribution in [3.8, 4) is 5.75 Å². The van der Waals surface area contributed by atoms with Crippen LogP contribution in [0.3, 0.4) is 0 Å². The van der Waals surface area contributed by atoms with Crippen molar-refractivity contribution in [2.24, 2.45) is 0 Å². The third-order valence-corrected chi connectivity index (χ3v) is 5.28. The minimum Gasteiger partial charge on any atom is -0.476 e. The third kappa shape index (κ3) is 2.70. The standard InChI is InChI=1S/C17H21ClN2O2/c18-13-4-1-2-5-14(13)22-17(8-9-17)15(21)19-16(6-7-16)12-20-10-3-11-20/h1-2,4-5H,3,6-12H2,(H,19,21). The van der Waals surface area contributed by atoms with Crippen molar-refractivity contribution in [2.45, 2.75) is 43.2 Å². The molecule has 4 rings (SSSR count). The molecule has 1 aliphatic heterocycles. The Hall–Kier alpha value is -1.26. The van der Waals surface area contributed by atoms with Gasteiger partial charge in [-0.2, -0.15) is 0 Å². The molecule has 118 valence electrons. The lowest BCUT2D eigenvalue weighted by atomic mass is 10.1. The minimum atomic E-state index is -0.699. The molecular weight excluding hydrogens is 300 g/mol. The highest BCUT2D eigenvalue weighted by Gasteiger charge is 2.57. The zero-order chi connectivity index (χ0) is 15.2. The maximum absolute atomic E-state index is 12.7. The predicted octanol–water partition coefficient (Wildman–Crippen LogP) is 2.61. The zero-order valence-corrected chi connectivity index (χ0v) is 13.4. The molecule has 0 aromatic heterocycles. The van der Waals surface area contributed by atoms with Gasteiger partial charge in [0.1, 0.15) is 5.75 Å². The first-order valence-electron chi connectivity index (χ1n) is 8.10. The number of hydrogen-bond acceptors (Lipinski definition) is 3. The molecule has 2 aliphatic carbocycles. The van der Waals surface area contributed by atoms with Gasteiger partial charge in [-0.15, -0.1) is 0 Å². The Labute approximate surface area is 135 Å². The Morgan fingerprint density at radius 3 is 2.50 bits per heavy atom. The number of ether oxygens (including phenoxy) is 1. The van der Waals surface area contributed by atoms with Gasteiger partial charge in [-0.1, -0.05) is 23.7 Å². The van der Waals surface area contributed by atoms with Crippen molar-refractivity contribution >= 4 is 17.5 Å². The predicted molar refractivity (Wildman–Crippen MR) is 85.2 cm³/mol. The zero-order valence-electron chi connectivity index (χ0n) is 12.6. The largest absolute Gasteiger partial charge is 0.476 e. The van der Waals surface area contributed by atoms with E-state index in [1.165, 1.54) is 19.5 Å². The summed E-state index contributed by atoms with van der Waals surface area (Å²) >= 11 is 6.14. The number of rotatable bonds is 6. The summed E-state index contributed by atoms with van der Waals surface area (Å²) in [5.41, 5.74) is -0.702. The molecule has 1 saturated heterocycles. The van der Waals surface area contributed by atoms with E-state index in [2.05, 4.69) is 10.2 Å². The number of para-hydroxylation sites is 1. The summed E-state index contributed by atoms with van der Waals surface area (Å²) in [6.07, 6.45) is 4.98. The van der Waals surface area contributed by atoms with Crippen molar-refractivity contribution < 1.29 is 9.53 Å². The van der Waals surface area contributed by atoms with Crippen molar-refractivity contribution in [1.82, 2.24) is 10.2 Å². The van der Waals surface area contributed by atoms with E-state index in [4.69, 9.17) is 16.3 Å². The van der Waals surface area contributed by atoms with E-state index in [0.29, 0.717) is 10.8 Å². The summed E-state index contributed by atoms with van der Waals surface area (Å²) < 4.78 is 5.97. The molecule has 1 aromatic carbocycles. The van der Waals surface area contributed by atoms with E-state index < -0.39 is 5.60 Å². The first-order valence-corrected chi connectivity index (χ1v) is 8.47. The van der Waals surface area contributed by atoms with E-state index in [-0.39, 0.29) is 11.4 Å². The molecule has 1 aromatic rings. The second kappa shape index (κ2) is 5.14. The highest BCUT2D eigenvalue weighted by Crippen LogP contribution is 2.45. The second-order valence-electron chi connectivity index (χ2n) is 6.89. The van der Waals surface area contributed by atoms with Crippen LogP contribution in [0.25, 0.3) is 0 Å². The Bertz CT molecular complexity index is 592. The molecule has 1 N–H and O–H groups in total.